The highest BCUT2D eigenvalue weighted by atomic mass is 16.5. The van der Waals surface area contributed by atoms with E-state index in [1.807, 2.05) is 19.9 Å². The highest BCUT2D eigenvalue weighted by Gasteiger charge is 2.29. The molecule has 3 rings (SSSR count). The molecule has 136 valence electrons. The minimum absolute atomic E-state index is 0.0203. The normalized spacial score (nSPS) is 14.3. The first-order valence-corrected chi connectivity index (χ1v) is 8.38. The predicted octanol–water partition coefficient (Wildman–Crippen LogP) is 1.99. The predicted molar refractivity (Wildman–Crippen MR) is 92.3 cm³/mol. The number of fused-ring (bicyclic) bond motifs is 1. The first-order valence-electron chi connectivity index (χ1n) is 8.38. The van der Waals surface area contributed by atoms with Crippen LogP contribution >= 0.6 is 0 Å². The Hall–Kier alpha value is -2.96. The highest BCUT2D eigenvalue weighted by molar-refractivity contribution is 6.02. The largest absolute Gasteiger partial charge is 0.461 e. The number of carbonyl (C=O) groups is 3. The molecule has 7 nitrogen and oxygen atoms in total. The molecule has 0 radical (unpaired) electrons. The fraction of sp³-hybridized carbons (Fsp3) is 0.368. The zero-order chi connectivity index (χ0) is 18.8. The van der Waals surface area contributed by atoms with Crippen molar-refractivity contribution in [1.29, 1.82) is 0 Å². The Bertz CT molecular complexity index is 942. The zero-order valence-corrected chi connectivity index (χ0v) is 14.7. The summed E-state index contributed by atoms with van der Waals surface area (Å²) >= 11 is 0. The van der Waals surface area contributed by atoms with Crippen LogP contribution in [0.4, 0.5) is 0 Å². The van der Waals surface area contributed by atoms with Gasteiger partial charge in [0.15, 0.2) is 0 Å². The molecule has 1 aliphatic heterocycles. The van der Waals surface area contributed by atoms with Crippen molar-refractivity contribution >= 4 is 28.8 Å². The third-order valence-corrected chi connectivity index (χ3v) is 4.53. The quantitative estimate of drug-likeness (QED) is 0.461. The first-order chi connectivity index (χ1) is 12.3. The molecular formula is C19H19NO6. The standard InChI is InChI=1S/C19H19NO6/c1-11-7-14-13(9-19(24)26-15(14)8-12(11)2)10-25-18(23)5-6-20-16(21)3-4-17(20)22/h7-9H,3-6,10H2,1-2H3. The van der Waals surface area contributed by atoms with Crippen molar-refractivity contribution in [1.82, 2.24) is 4.90 Å². The van der Waals surface area contributed by atoms with Gasteiger partial charge in [-0.25, -0.2) is 4.79 Å². The van der Waals surface area contributed by atoms with Gasteiger partial charge in [-0.1, -0.05) is 0 Å². The second-order valence-electron chi connectivity index (χ2n) is 6.37. The SMILES string of the molecule is Cc1cc2oc(=O)cc(COC(=O)CCN3C(=O)CCC3=O)c2cc1C. The van der Waals surface area contributed by atoms with Crippen molar-refractivity contribution in [3.8, 4) is 0 Å². The Morgan fingerprint density at radius 1 is 1.08 bits per heavy atom. The van der Waals surface area contributed by atoms with Crippen LogP contribution in [0.1, 0.15) is 36.0 Å². The zero-order valence-electron chi connectivity index (χ0n) is 14.7. The van der Waals surface area contributed by atoms with Crippen molar-refractivity contribution in [2.24, 2.45) is 0 Å². The third kappa shape index (κ3) is 3.66. The summed E-state index contributed by atoms with van der Waals surface area (Å²) in [5.74, 6) is -1.07. The number of aryl methyl sites for hydroxylation is 2. The lowest BCUT2D eigenvalue weighted by Gasteiger charge is -2.13. The molecule has 1 saturated heterocycles. The summed E-state index contributed by atoms with van der Waals surface area (Å²) in [7, 11) is 0. The summed E-state index contributed by atoms with van der Waals surface area (Å²) in [4.78, 5) is 47.8. The molecule has 0 aliphatic carbocycles. The van der Waals surface area contributed by atoms with Crippen LogP contribution in [0.2, 0.25) is 0 Å². The van der Waals surface area contributed by atoms with Gasteiger partial charge in [0.2, 0.25) is 11.8 Å². The molecule has 2 heterocycles. The topological polar surface area (TPSA) is 93.9 Å². The van der Waals surface area contributed by atoms with Crippen LogP contribution in [-0.4, -0.2) is 29.2 Å². The molecule has 1 fully saturated rings. The Balaban J connectivity index is 1.68. The highest BCUT2D eigenvalue weighted by Crippen LogP contribution is 2.22. The van der Waals surface area contributed by atoms with Crippen LogP contribution in [0.5, 0.6) is 0 Å². The lowest BCUT2D eigenvalue weighted by molar-refractivity contribution is -0.146. The van der Waals surface area contributed by atoms with Gasteiger partial charge < -0.3 is 9.15 Å². The average Bonchev–Trinajstić information content (AvgIpc) is 2.90. The second kappa shape index (κ2) is 7.11. The average molecular weight is 357 g/mol. The molecule has 2 aromatic rings. The van der Waals surface area contributed by atoms with Crippen molar-refractivity contribution in [3.05, 3.63) is 45.3 Å². The van der Waals surface area contributed by atoms with E-state index < -0.39 is 11.6 Å². The summed E-state index contributed by atoms with van der Waals surface area (Å²) in [5, 5.41) is 0.713. The number of imide groups is 1. The second-order valence-corrected chi connectivity index (χ2v) is 6.37. The molecule has 0 N–H and O–H groups in total. The number of hydrogen-bond donors (Lipinski definition) is 0. The number of ether oxygens (including phenoxy) is 1. The van der Waals surface area contributed by atoms with Crippen LogP contribution in [0, 0.1) is 13.8 Å². The van der Waals surface area contributed by atoms with Crippen LogP contribution in [0.25, 0.3) is 11.0 Å². The monoisotopic (exact) mass is 357 g/mol. The Labute approximate surface area is 149 Å². The minimum Gasteiger partial charge on any atom is -0.461 e. The Kier molecular flexibility index (Phi) is 4.88. The number of likely N-dealkylation sites (tertiary alicyclic amines) is 1. The number of hydrogen-bond acceptors (Lipinski definition) is 6. The summed E-state index contributed by atoms with van der Waals surface area (Å²) in [5.41, 5.74) is 2.51. The van der Waals surface area contributed by atoms with Crippen molar-refractivity contribution in [3.63, 3.8) is 0 Å². The summed E-state index contributed by atoms with van der Waals surface area (Å²) in [6.07, 6.45) is 0.311. The van der Waals surface area contributed by atoms with E-state index in [9.17, 15) is 19.2 Å². The molecule has 0 unspecified atom stereocenters. The van der Waals surface area contributed by atoms with Gasteiger partial charge in [-0.3, -0.25) is 19.3 Å². The molecule has 0 saturated carbocycles. The molecule has 1 aliphatic rings. The molecule has 1 aromatic heterocycles. The van der Waals surface area contributed by atoms with Gasteiger partial charge >= 0.3 is 11.6 Å². The number of esters is 1. The van der Waals surface area contributed by atoms with Gasteiger partial charge in [0.25, 0.3) is 0 Å². The molecule has 0 spiro atoms. The maximum absolute atomic E-state index is 12.0. The first kappa shape index (κ1) is 17.8. The fourth-order valence-electron chi connectivity index (χ4n) is 2.91. The van der Waals surface area contributed by atoms with E-state index in [1.165, 1.54) is 6.07 Å². The van der Waals surface area contributed by atoms with Crippen LogP contribution in [0.3, 0.4) is 0 Å². The van der Waals surface area contributed by atoms with Gasteiger partial charge in [0.1, 0.15) is 12.2 Å². The molecule has 1 aromatic carbocycles. The van der Waals surface area contributed by atoms with E-state index in [0.29, 0.717) is 16.5 Å². The summed E-state index contributed by atoms with van der Waals surface area (Å²) < 4.78 is 10.4. The summed E-state index contributed by atoms with van der Waals surface area (Å²) in [6.45, 7) is 3.81. The molecule has 0 atom stereocenters. The molecule has 2 amide bonds. The molecule has 26 heavy (non-hydrogen) atoms. The smallest absolute Gasteiger partial charge is 0.336 e. The third-order valence-electron chi connectivity index (χ3n) is 4.53. The fourth-order valence-corrected chi connectivity index (χ4v) is 2.91. The number of rotatable bonds is 5. The summed E-state index contributed by atoms with van der Waals surface area (Å²) in [6, 6.07) is 4.97. The van der Waals surface area contributed by atoms with Crippen LogP contribution in [-0.2, 0) is 25.7 Å². The lowest BCUT2D eigenvalue weighted by Crippen LogP contribution is -2.31. The van der Waals surface area contributed by atoms with Crippen LogP contribution < -0.4 is 5.63 Å². The number of carbonyl (C=O) groups excluding carboxylic acids is 3. The molecule has 0 bridgehead atoms. The van der Waals surface area contributed by atoms with Gasteiger partial charge in [0, 0.05) is 36.4 Å². The Morgan fingerprint density at radius 2 is 1.73 bits per heavy atom. The lowest BCUT2D eigenvalue weighted by atomic mass is 10.0. The van der Waals surface area contributed by atoms with E-state index in [0.717, 1.165) is 16.0 Å². The van der Waals surface area contributed by atoms with Crippen molar-refractivity contribution in [2.75, 3.05) is 6.54 Å². The maximum Gasteiger partial charge on any atom is 0.336 e. The number of benzene rings is 1. The molecule has 7 heteroatoms. The maximum atomic E-state index is 12.0. The van der Waals surface area contributed by atoms with Gasteiger partial charge in [-0.2, -0.15) is 0 Å². The van der Waals surface area contributed by atoms with Crippen LogP contribution in [0.15, 0.2) is 27.4 Å². The van der Waals surface area contributed by atoms with E-state index in [1.54, 1.807) is 6.07 Å². The van der Waals surface area contributed by atoms with E-state index in [4.69, 9.17) is 9.15 Å². The number of amides is 2. The molecular weight excluding hydrogens is 338 g/mol. The minimum atomic E-state index is -0.539. The van der Waals surface area contributed by atoms with Crippen molar-refractivity contribution in [2.45, 2.75) is 39.7 Å². The number of nitrogens with zero attached hydrogens (tertiary/aromatic N) is 1. The van der Waals surface area contributed by atoms with Crippen molar-refractivity contribution < 1.29 is 23.5 Å². The van der Waals surface area contributed by atoms with E-state index in [2.05, 4.69) is 0 Å². The van der Waals surface area contributed by atoms with Gasteiger partial charge in [0.05, 0.1) is 6.42 Å². The van der Waals surface area contributed by atoms with E-state index >= 15 is 0 Å². The van der Waals surface area contributed by atoms with Gasteiger partial charge in [-0.15, -0.1) is 0 Å². The Morgan fingerprint density at radius 3 is 2.42 bits per heavy atom. The van der Waals surface area contributed by atoms with Gasteiger partial charge in [-0.05, 0) is 37.1 Å². The van der Waals surface area contributed by atoms with E-state index in [-0.39, 0.29) is 44.2 Å².